The van der Waals surface area contributed by atoms with Gasteiger partial charge in [0, 0.05) is 10.6 Å². The van der Waals surface area contributed by atoms with E-state index in [0.29, 0.717) is 16.1 Å². The summed E-state index contributed by atoms with van der Waals surface area (Å²) in [5.41, 5.74) is 4.51. The predicted molar refractivity (Wildman–Crippen MR) is 112 cm³/mol. The first kappa shape index (κ1) is 20.6. The maximum atomic E-state index is 12.3. The highest BCUT2D eigenvalue weighted by Crippen LogP contribution is 2.20. The lowest BCUT2D eigenvalue weighted by molar-refractivity contribution is 0.0954. The van der Waals surface area contributed by atoms with Gasteiger partial charge in [-0.2, -0.15) is 13.5 Å². The lowest BCUT2D eigenvalue weighted by atomic mass is 10.1. The molecule has 3 aromatic carbocycles. The quantitative estimate of drug-likeness (QED) is 0.362. The maximum Gasteiger partial charge on any atom is 0.339 e. The molecule has 0 saturated heterocycles. The molecular weight excluding hydrogens is 412 g/mol. The van der Waals surface area contributed by atoms with Crippen molar-refractivity contribution in [2.75, 3.05) is 0 Å². The van der Waals surface area contributed by atoms with Crippen LogP contribution in [0.15, 0.2) is 82.8 Å². The van der Waals surface area contributed by atoms with Crippen molar-refractivity contribution in [3.05, 3.63) is 94.5 Å². The summed E-state index contributed by atoms with van der Waals surface area (Å²) < 4.78 is 29.6. The van der Waals surface area contributed by atoms with Gasteiger partial charge in [-0.05, 0) is 72.6 Å². The van der Waals surface area contributed by atoms with Gasteiger partial charge in [0.05, 0.1) is 6.21 Å². The molecule has 0 aliphatic rings. The van der Waals surface area contributed by atoms with Crippen LogP contribution in [-0.4, -0.2) is 20.5 Å². The fourth-order valence-electron chi connectivity index (χ4n) is 2.44. The van der Waals surface area contributed by atoms with E-state index in [1.165, 1.54) is 42.6 Å². The monoisotopic (exact) mass is 428 g/mol. The van der Waals surface area contributed by atoms with Crippen molar-refractivity contribution in [1.29, 1.82) is 0 Å². The van der Waals surface area contributed by atoms with Crippen LogP contribution >= 0.6 is 11.6 Å². The van der Waals surface area contributed by atoms with E-state index in [9.17, 15) is 13.2 Å². The van der Waals surface area contributed by atoms with E-state index in [4.69, 9.17) is 15.8 Å². The van der Waals surface area contributed by atoms with Gasteiger partial charge < -0.3 is 4.18 Å². The molecule has 8 heteroatoms. The van der Waals surface area contributed by atoms with Crippen molar-refractivity contribution >= 4 is 33.8 Å². The number of hydrogen-bond acceptors (Lipinski definition) is 5. The van der Waals surface area contributed by atoms with E-state index in [2.05, 4.69) is 10.5 Å². The molecule has 0 radical (unpaired) electrons. The van der Waals surface area contributed by atoms with Crippen molar-refractivity contribution in [3.63, 3.8) is 0 Å². The van der Waals surface area contributed by atoms with Crippen LogP contribution in [0.5, 0.6) is 5.75 Å². The highest BCUT2D eigenvalue weighted by atomic mass is 35.5. The van der Waals surface area contributed by atoms with Gasteiger partial charge in [-0.3, -0.25) is 4.79 Å². The fourth-order valence-corrected chi connectivity index (χ4v) is 3.49. The van der Waals surface area contributed by atoms with Crippen molar-refractivity contribution in [3.8, 4) is 5.75 Å². The van der Waals surface area contributed by atoms with Gasteiger partial charge in [0.15, 0.2) is 0 Å². The number of carbonyl (C=O) groups excluding carboxylic acids is 1. The maximum absolute atomic E-state index is 12.3. The Morgan fingerprint density at radius 2 is 1.66 bits per heavy atom. The van der Waals surface area contributed by atoms with Gasteiger partial charge in [0.25, 0.3) is 5.91 Å². The summed E-state index contributed by atoms with van der Waals surface area (Å²) in [6.45, 7) is 1.84. The fraction of sp³-hybridized carbons (Fsp3) is 0.0476. The summed E-state index contributed by atoms with van der Waals surface area (Å²) in [4.78, 5) is 12.1. The molecule has 0 aromatic heterocycles. The topological polar surface area (TPSA) is 84.8 Å². The number of benzene rings is 3. The normalized spacial score (nSPS) is 11.4. The zero-order valence-corrected chi connectivity index (χ0v) is 16.9. The molecule has 148 valence electrons. The number of hydrogen-bond donors (Lipinski definition) is 1. The van der Waals surface area contributed by atoms with Gasteiger partial charge in [-0.1, -0.05) is 29.8 Å². The lowest BCUT2D eigenvalue weighted by Gasteiger charge is -2.07. The van der Waals surface area contributed by atoms with Gasteiger partial charge in [0.2, 0.25) is 0 Å². The molecule has 3 aromatic rings. The van der Waals surface area contributed by atoms with Gasteiger partial charge in [-0.15, -0.1) is 0 Å². The van der Waals surface area contributed by atoms with Gasteiger partial charge in [0.1, 0.15) is 10.6 Å². The summed E-state index contributed by atoms with van der Waals surface area (Å²) in [7, 11) is -3.96. The third-order valence-corrected chi connectivity index (χ3v) is 5.47. The van der Waals surface area contributed by atoms with E-state index in [1.54, 1.807) is 24.3 Å². The van der Waals surface area contributed by atoms with E-state index >= 15 is 0 Å². The second-order valence-electron chi connectivity index (χ2n) is 6.07. The molecule has 0 aliphatic heterocycles. The molecule has 0 atom stereocenters. The Morgan fingerprint density at radius 3 is 2.31 bits per heavy atom. The Morgan fingerprint density at radius 1 is 1.00 bits per heavy atom. The summed E-state index contributed by atoms with van der Waals surface area (Å²) >= 11 is 5.77. The Labute approximate surface area is 173 Å². The Bertz CT molecular complexity index is 1140. The minimum atomic E-state index is -3.96. The molecule has 0 saturated carbocycles. The summed E-state index contributed by atoms with van der Waals surface area (Å²) in [6, 6.07) is 19.1. The van der Waals surface area contributed by atoms with Crippen LogP contribution in [0.2, 0.25) is 5.02 Å². The zero-order valence-electron chi connectivity index (χ0n) is 15.4. The highest BCUT2D eigenvalue weighted by Gasteiger charge is 2.16. The average Bonchev–Trinajstić information content (AvgIpc) is 2.69. The molecule has 1 N–H and O–H groups in total. The summed E-state index contributed by atoms with van der Waals surface area (Å²) in [5, 5.41) is 4.36. The number of hydrazone groups is 1. The number of nitrogens with one attached hydrogen (secondary N) is 1. The molecule has 0 unspecified atom stereocenters. The molecule has 0 spiro atoms. The standard InChI is InChI=1S/C21H17ClN2O4S/c1-15-4-2-3-5-20(15)21(25)24-23-14-16-6-10-18(11-7-16)28-29(26,27)19-12-8-17(22)9-13-19/h2-14H,1H3,(H,24,25)/b23-14+. The molecule has 0 aliphatic carbocycles. The van der Waals surface area contributed by atoms with Crippen molar-refractivity contribution in [2.45, 2.75) is 11.8 Å². The third-order valence-electron chi connectivity index (χ3n) is 3.96. The zero-order chi connectivity index (χ0) is 20.9. The Kier molecular flexibility index (Phi) is 6.31. The third kappa shape index (κ3) is 5.43. The number of aryl methyl sites for hydroxylation is 1. The van der Waals surface area contributed by atoms with Crippen LogP contribution in [0.25, 0.3) is 0 Å². The molecule has 1 amide bonds. The first-order chi connectivity index (χ1) is 13.8. The van der Waals surface area contributed by atoms with E-state index in [-0.39, 0.29) is 16.6 Å². The largest absolute Gasteiger partial charge is 0.379 e. The number of carbonyl (C=O) groups is 1. The second kappa shape index (κ2) is 8.89. The number of nitrogens with zero attached hydrogens (tertiary/aromatic N) is 1. The predicted octanol–water partition coefficient (Wildman–Crippen LogP) is 4.18. The molecule has 29 heavy (non-hydrogen) atoms. The number of halogens is 1. The van der Waals surface area contributed by atoms with E-state index in [0.717, 1.165) is 5.56 Å². The molecule has 0 heterocycles. The Hall–Kier alpha value is -3.16. The van der Waals surface area contributed by atoms with Crippen molar-refractivity contribution < 1.29 is 17.4 Å². The summed E-state index contributed by atoms with van der Waals surface area (Å²) in [5.74, 6) is -0.158. The molecule has 0 fully saturated rings. The second-order valence-corrected chi connectivity index (χ2v) is 8.06. The highest BCUT2D eigenvalue weighted by molar-refractivity contribution is 7.87. The van der Waals surface area contributed by atoms with Crippen molar-refractivity contribution in [2.24, 2.45) is 5.10 Å². The Balaban J connectivity index is 1.63. The van der Waals surface area contributed by atoms with Crippen LogP contribution in [0.4, 0.5) is 0 Å². The summed E-state index contributed by atoms with van der Waals surface area (Å²) in [6.07, 6.45) is 1.45. The first-order valence-corrected chi connectivity index (χ1v) is 10.3. The number of rotatable bonds is 6. The van der Waals surface area contributed by atoms with Gasteiger partial charge in [-0.25, -0.2) is 5.43 Å². The minimum absolute atomic E-state index is 0.00598. The lowest BCUT2D eigenvalue weighted by Crippen LogP contribution is -2.18. The molecular formula is C21H17ClN2O4S. The SMILES string of the molecule is Cc1ccccc1C(=O)N/N=C/c1ccc(OS(=O)(=O)c2ccc(Cl)cc2)cc1. The molecule has 6 nitrogen and oxygen atoms in total. The minimum Gasteiger partial charge on any atom is -0.379 e. The molecule has 0 bridgehead atoms. The van der Waals surface area contributed by atoms with Gasteiger partial charge >= 0.3 is 10.1 Å². The van der Waals surface area contributed by atoms with Crippen LogP contribution < -0.4 is 9.61 Å². The average molecular weight is 429 g/mol. The number of amides is 1. The van der Waals surface area contributed by atoms with Crippen molar-refractivity contribution in [1.82, 2.24) is 5.43 Å². The first-order valence-electron chi connectivity index (χ1n) is 8.54. The smallest absolute Gasteiger partial charge is 0.339 e. The van der Waals surface area contributed by atoms with Crippen LogP contribution in [0.3, 0.4) is 0 Å². The van der Waals surface area contributed by atoms with Crippen LogP contribution in [0.1, 0.15) is 21.5 Å². The van der Waals surface area contributed by atoms with Crippen LogP contribution in [-0.2, 0) is 10.1 Å². The van der Waals surface area contributed by atoms with Crippen LogP contribution in [0, 0.1) is 6.92 Å². The van der Waals surface area contributed by atoms with E-state index < -0.39 is 10.1 Å². The molecule has 3 rings (SSSR count). The van der Waals surface area contributed by atoms with E-state index in [1.807, 2.05) is 19.1 Å².